The fourth-order valence-corrected chi connectivity index (χ4v) is 1.81. The van der Waals surface area contributed by atoms with Crippen molar-refractivity contribution in [1.82, 2.24) is 0 Å². The molecule has 0 spiro atoms. The Labute approximate surface area is 91.8 Å². The quantitative estimate of drug-likeness (QED) is 0.725. The summed E-state index contributed by atoms with van der Waals surface area (Å²) in [5, 5.41) is 9.86. The molecule has 0 aliphatic carbocycles. The van der Waals surface area contributed by atoms with Gasteiger partial charge in [0, 0.05) is 0 Å². The lowest BCUT2D eigenvalue weighted by Crippen LogP contribution is -1.95. The van der Waals surface area contributed by atoms with E-state index in [2.05, 4.69) is 26.1 Å². The lowest BCUT2D eigenvalue weighted by atomic mass is 9.97. The van der Waals surface area contributed by atoms with Gasteiger partial charge in [0.25, 0.3) is 0 Å². The van der Waals surface area contributed by atoms with Gasteiger partial charge in [-0.2, -0.15) is 0 Å². The van der Waals surface area contributed by atoms with E-state index in [0.717, 1.165) is 30.4 Å². The van der Waals surface area contributed by atoms with Crippen LogP contribution < -0.4 is 0 Å². The molecule has 0 aliphatic rings. The summed E-state index contributed by atoms with van der Waals surface area (Å²) < 4.78 is 0. The van der Waals surface area contributed by atoms with Crippen LogP contribution in [-0.2, 0) is 19.3 Å². The Morgan fingerprint density at radius 3 is 2.40 bits per heavy atom. The second-order valence-corrected chi connectivity index (χ2v) is 3.59. The van der Waals surface area contributed by atoms with Gasteiger partial charge in [-0.3, -0.25) is 0 Å². The molecule has 0 saturated carbocycles. The first-order valence-corrected chi connectivity index (χ1v) is 5.28. The average molecular weight is 202 g/mol. The summed E-state index contributed by atoms with van der Waals surface area (Å²) in [7, 11) is 0. The van der Waals surface area contributed by atoms with Crippen LogP contribution in [0.15, 0.2) is 37.4 Å². The van der Waals surface area contributed by atoms with Gasteiger partial charge in [-0.25, -0.2) is 0 Å². The SMILES string of the molecule is C=CCc1cc(O)c(CC)c(CC=C)c1. The smallest absolute Gasteiger partial charge is 0.119 e. The molecule has 1 rings (SSSR count). The van der Waals surface area contributed by atoms with Crippen molar-refractivity contribution in [2.45, 2.75) is 26.2 Å². The molecular weight excluding hydrogens is 184 g/mol. The zero-order valence-electron chi connectivity index (χ0n) is 9.29. The summed E-state index contributed by atoms with van der Waals surface area (Å²) in [5.41, 5.74) is 3.31. The van der Waals surface area contributed by atoms with Crippen LogP contribution in [0.2, 0.25) is 0 Å². The Bertz CT molecular complexity index is 364. The van der Waals surface area contributed by atoms with Crippen LogP contribution in [0.4, 0.5) is 0 Å². The van der Waals surface area contributed by atoms with Crippen molar-refractivity contribution in [2.75, 3.05) is 0 Å². The van der Waals surface area contributed by atoms with E-state index in [9.17, 15) is 5.11 Å². The van der Waals surface area contributed by atoms with E-state index in [1.54, 1.807) is 0 Å². The Kier molecular flexibility index (Phi) is 4.17. The van der Waals surface area contributed by atoms with Crippen LogP contribution in [0, 0.1) is 0 Å². The van der Waals surface area contributed by atoms with Crippen molar-refractivity contribution in [1.29, 1.82) is 0 Å². The zero-order chi connectivity index (χ0) is 11.3. The van der Waals surface area contributed by atoms with E-state index in [4.69, 9.17) is 0 Å². The van der Waals surface area contributed by atoms with Crippen LogP contribution in [0.3, 0.4) is 0 Å². The van der Waals surface area contributed by atoms with Crippen LogP contribution in [0.1, 0.15) is 23.6 Å². The highest BCUT2D eigenvalue weighted by molar-refractivity contribution is 5.44. The summed E-state index contributed by atoms with van der Waals surface area (Å²) in [5.74, 6) is 0.397. The zero-order valence-corrected chi connectivity index (χ0v) is 9.29. The number of hydrogen-bond acceptors (Lipinski definition) is 1. The topological polar surface area (TPSA) is 20.2 Å². The molecule has 15 heavy (non-hydrogen) atoms. The van der Waals surface area contributed by atoms with Gasteiger partial charge in [0.1, 0.15) is 5.75 Å². The van der Waals surface area contributed by atoms with E-state index in [1.807, 2.05) is 18.2 Å². The van der Waals surface area contributed by atoms with Gasteiger partial charge in [-0.1, -0.05) is 25.1 Å². The first-order valence-electron chi connectivity index (χ1n) is 5.28. The minimum atomic E-state index is 0.397. The minimum Gasteiger partial charge on any atom is -0.508 e. The van der Waals surface area contributed by atoms with Crippen molar-refractivity contribution >= 4 is 0 Å². The molecule has 0 radical (unpaired) electrons. The molecule has 0 aliphatic heterocycles. The van der Waals surface area contributed by atoms with Gasteiger partial charge in [-0.15, -0.1) is 13.2 Å². The maximum atomic E-state index is 9.86. The van der Waals surface area contributed by atoms with E-state index in [1.165, 1.54) is 5.56 Å². The fourth-order valence-electron chi connectivity index (χ4n) is 1.81. The number of phenols is 1. The number of allylic oxidation sites excluding steroid dienone is 2. The predicted molar refractivity (Wildman–Crippen MR) is 65.3 cm³/mol. The summed E-state index contributed by atoms with van der Waals surface area (Å²) in [4.78, 5) is 0. The maximum absolute atomic E-state index is 9.86. The standard InChI is InChI=1S/C14H18O/c1-4-7-11-9-12(8-5-2)13(6-3)14(15)10-11/h4-5,9-10,15H,1-2,6-8H2,3H3. The Hall–Kier alpha value is -1.50. The van der Waals surface area contributed by atoms with Crippen LogP contribution in [0.5, 0.6) is 5.75 Å². The largest absolute Gasteiger partial charge is 0.508 e. The first kappa shape index (κ1) is 11.6. The maximum Gasteiger partial charge on any atom is 0.119 e. The highest BCUT2D eigenvalue weighted by Gasteiger charge is 2.07. The lowest BCUT2D eigenvalue weighted by Gasteiger charge is -2.10. The second-order valence-electron chi connectivity index (χ2n) is 3.59. The van der Waals surface area contributed by atoms with Crippen molar-refractivity contribution in [3.8, 4) is 5.75 Å². The van der Waals surface area contributed by atoms with Gasteiger partial charge in [0.05, 0.1) is 0 Å². The van der Waals surface area contributed by atoms with Crippen molar-refractivity contribution in [2.24, 2.45) is 0 Å². The summed E-state index contributed by atoms with van der Waals surface area (Å²) >= 11 is 0. The molecule has 1 N–H and O–H groups in total. The average Bonchev–Trinajstić information content (AvgIpc) is 2.18. The van der Waals surface area contributed by atoms with E-state index in [0.29, 0.717) is 5.75 Å². The number of hydrogen-bond donors (Lipinski definition) is 1. The molecule has 0 unspecified atom stereocenters. The first-order chi connectivity index (χ1) is 7.22. The molecule has 0 amide bonds. The van der Waals surface area contributed by atoms with Crippen molar-refractivity contribution in [3.05, 3.63) is 54.1 Å². The monoisotopic (exact) mass is 202 g/mol. The molecule has 0 fully saturated rings. The molecule has 0 bridgehead atoms. The summed E-state index contributed by atoms with van der Waals surface area (Å²) in [6.07, 6.45) is 6.16. The Morgan fingerprint density at radius 1 is 1.20 bits per heavy atom. The third-order valence-corrected chi connectivity index (χ3v) is 2.48. The highest BCUT2D eigenvalue weighted by Crippen LogP contribution is 2.25. The van der Waals surface area contributed by atoms with Gasteiger partial charge < -0.3 is 5.11 Å². The third-order valence-electron chi connectivity index (χ3n) is 2.48. The van der Waals surface area contributed by atoms with Crippen molar-refractivity contribution in [3.63, 3.8) is 0 Å². The molecule has 80 valence electrons. The van der Waals surface area contributed by atoms with Crippen LogP contribution >= 0.6 is 0 Å². The molecule has 0 aromatic heterocycles. The van der Waals surface area contributed by atoms with E-state index in [-0.39, 0.29) is 0 Å². The van der Waals surface area contributed by atoms with Gasteiger partial charge in [-0.05, 0) is 42.0 Å². The Balaban J connectivity index is 3.17. The summed E-state index contributed by atoms with van der Waals surface area (Å²) in [6, 6.07) is 3.95. The molecule has 0 atom stereocenters. The molecule has 0 heterocycles. The molecule has 1 heteroatoms. The number of phenolic OH excluding ortho intramolecular Hbond substituents is 1. The van der Waals surface area contributed by atoms with Crippen LogP contribution in [0.25, 0.3) is 0 Å². The van der Waals surface area contributed by atoms with E-state index >= 15 is 0 Å². The summed E-state index contributed by atoms with van der Waals surface area (Å²) in [6.45, 7) is 9.49. The fraction of sp³-hybridized carbons (Fsp3) is 0.286. The number of rotatable bonds is 5. The lowest BCUT2D eigenvalue weighted by molar-refractivity contribution is 0.467. The second kappa shape index (κ2) is 5.40. The predicted octanol–water partition coefficient (Wildman–Crippen LogP) is 3.41. The molecule has 0 saturated heterocycles. The van der Waals surface area contributed by atoms with E-state index < -0.39 is 0 Å². The van der Waals surface area contributed by atoms with Gasteiger partial charge in [0.2, 0.25) is 0 Å². The highest BCUT2D eigenvalue weighted by atomic mass is 16.3. The molecule has 1 aromatic rings. The van der Waals surface area contributed by atoms with Crippen molar-refractivity contribution < 1.29 is 5.11 Å². The number of aromatic hydroxyl groups is 1. The number of benzene rings is 1. The van der Waals surface area contributed by atoms with Gasteiger partial charge in [0.15, 0.2) is 0 Å². The Morgan fingerprint density at radius 2 is 1.87 bits per heavy atom. The normalized spacial score (nSPS) is 9.93. The van der Waals surface area contributed by atoms with Crippen LogP contribution in [-0.4, -0.2) is 5.11 Å². The minimum absolute atomic E-state index is 0.397. The molecule has 1 aromatic carbocycles. The van der Waals surface area contributed by atoms with Gasteiger partial charge >= 0.3 is 0 Å². The molecule has 1 nitrogen and oxygen atoms in total. The third kappa shape index (κ3) is 2.72. The molecular formula is C14H18O.